The van der Waals surface area contributed by atoms with E-state index in [2.05, 4.69) is 15.1 Å². The van der Waals surface area contributed by atoms with Crippen LogP contribution in [0.2, 0.25) is 0 Å². The summed E-state index contributed by atoms with van der Waals surface area (Å²) >= 11 is 0. The average Bonchev–Trinajstić information content (AvgIpc) is 2.36. The van der Waals surface area contributed by atoms with Crippen LogP contribution in [0.5, 0.6) is 0 Å². The minimum Gasteiger partial charge on any atom is -0.369 e. The molecule has 0 aliphatic rings. The molecule has 0 aliphatic carbocycles. The summed E-state index contributed by atoms with van der Waals surface area (Å²) in [4.78, 5) is 7.68. The summed E-state index contributed by atoms with van der Waals surface area (Å²) in [5.74, 6) is -0.763. The average molecular weight is 259 g/mol. The van der Waals surface area contributed by atoms with E-state index in [1.165, 1.54) is 0 Å². The zero-order valence-electron chi connectivity index (χ0n) is 9.93. The molecule has 0 radical (unpaired) electrons. The van der Waals surface area contributed by atoms with E-state index in [9.17, 15) is 0 Å². The first-order chi connectivity index (χ1) is 9.02. The van der Waals surface area contributed by atoms with Gasteiger partial charge >= 0.3 is 0 Å². The molecule has 0 amide bonds. The fraction of sp³-hybridized carbons (Fsp3) is 0. The zero-order chi connectivity index (χ0) is 14.3. The third-order valence-electron chi connectivity index (χ3n) is 1.76. The maximum absolute atomic E-state index is 8.76. The Morgan fingerprint density at radius 1 is 1.11 bits per heavy atom. The van der Waals surface area contributed by atoms with E-state index in [-0.39, 0.29) is 17.9 Å². The Labute approximate surface area is 109 Å². The Morgan fingerprint density at radius 2 is 1.74 bits per heavy atom. The monoisotopic (exact) mass is 259 g/mol. The van der Waals surface area contributed by atoms with Crippen LogP contribution in [0.3, 0.4) is 0 Å². The largest absolute Gasteiger partial charge is 0.369 e. The highest BCUT2D eigenvalue weighted by molar-refractivity contribution is 5.95. The van der Waals surface area contributed by atoms with Crippen molar-refractivity contribution in [1.29, 1.82) is 5.26 Å². The number of rotatable bonds is 2. The van der Waals surface area contributed by atoms with Crippen LogP contribution in [0.15, 0.2) is 45.4 Å². The van der Waals surface area contributed by atoms with E-state index in [1.807, 2.05) is 6.07 Å². The summed E-state index contributed by atoms with van der Waals surface area (Å²) < 4.78 is 0. The molecule has 8 N–H and O–H groups in total. The molecule has 0 aromatic heterocycles. The van der Waals surface area contributed by atoms with Gasteiger partial charge in [-0.2, -0.15) is 10.3 Å². The predicted molar refractivity (Wildman–Crippen MR) is 72.6 cm³/mol. The predicted octanol–water partition coefficient (Wildman–Crippen LogP) is -1.08. The maximum atomic E-state index is 8.76. The lowest BCUT2D eigenvalue weighted by Gasteiger charge is -2.07. The first-order valence-electron chi connectivity index (χ1n) is 5.05. The van der Waals surface area contributed by atoms with Crippen LogP contribution in [-0.2, 0) is 0 Å². The molecular weight excluding hydrogens is 246 g/mol. The summed E-state index contributed by atoms with van der Waals surface area (Å²) in [5, 5.41) is 12.8. The molecule has 1 aromatic carbocycles. The highest BCUT2D eigenvalue weighted by Gasteiger charge is 2.06. The van der Waals surface area contributed by atoms with Gasteiger partial charge in [0, 0.05) is 0 Å². The summed E-state index contributed by atoms with van der Waals surface area (Å²) in [5.41, 5.74) is 21.9. The molecule has 0 fully saturated rings. The summed E-state index contributed by atoms with van der Waals surface area (Å²) in [7, 11) is 0. The van der Waals surface area contributed by atoms with Crippen LogP contribution in [0.4, 0.5) is 5.69 Å². The molecule has 98 valence electrons. The second-order valence-electron chi connectivity index (χ2n) is 3.21. The van der Waals surface area contributed by atoms with E-state index in [0.717, 1.165) is 0 Å². The van der Waals surface area contributed by atoms with E-state index in [4.69, 9.17) is 28.2 Å². The lowest BCUT2D eigenvalue weighted by molar-refractivity contribution is 0.612. The SMILES string of the molecule is N#CN(N=C(N)N)C(N)=NC(N)=Nc1ccccc1. The molecule has 9 heteroatoms. The fourth-order valence-electron chi connectivity index (χ4n) is 1.06. The van der Waals surface area contributed by atoms with Crippen LogP contribution < -0.4 is 22.9 Å². The first-order valence-corrected chi connectivity index (χ1v) is 5.05. The Morgan fingerprint density at radius 3 is 2.26 bits per heavy atom. The fourth-order valence-corrected chi connectivity index (χ4v) is 1.06. The molecule has 1 aromatic rings. The standard InChI is InChI=1S/C10H13N9/c11-6-19(18-8(12)13)10(15)17-9(14)16-7-4-2-1-3-5-7/h1-5H,(H4,12,13,18)(H4,14,15,16,17). The Bertz CT molecular complexity index is 548. The van der Waals surface area contributed by atoms with Gasteiger partial charge in [0.25, 0.3) is 0 Å². The van der Waals surface area contributed by atoms with Crippen molar-refractivity contribution in [2.24, 2.45) is 38.0 Å². The smallest absolute Gasteiger partial charge is 0.235 e. The molecule has 0 spiro atoms. The summed E-state index contributed by atoms with van der Waals surface area (Å²) in [6.45, 7) is 0. The third-order valence-corrected chi connectivity index (χ3v) is 1.76. The molecule has 0 aliphatic heterocycles. The maximum Gasteiger partial charge on any atom is 0.235 e. The summed E-state index contributed by atoms with van der Waals surface area (Å²) in [6.07, 6.45) is 1.62. The molecule has 0 saturated heterocycles. The minimum atomic E-state index is -0.335. The van der Waals surface area contributed by atoms with Gasteiger partial charge in [0.1, 0.15) is 0 Å². The molecule has 0 unspecified atom stereocenters. The normalized spacial score (nSPS) is 11.5. The van der Waals surface area contributed by atoms with Crippen molar-refractivity contribution in [2.75, 3.05) is 0 Å². The number of para-hydroxylation sites is 1. The molecule has 1 rings (SSSR count). The van der Waals surface area contributed by atoms with Crippen LogP contribution >= 0.6 is 0 Å². The quantitative estimate of drug-likeness (QED) is 0.173. The first kappa shape index (κ1) is 13.8. The van der Waals surface area contributed by atoms with Gasteiger partial charge in [-0.3, -0.25) is 0 Å². The number of aliphatic imine (C=N–C) groups is 2. The van der Waals surface area contributed by atoms with Crippen molar-refractivity contribution in [2.45, 2.75) is 0 Å². The molecule has 9 nitrogen and oxygen atoms in total. The third kappa shape index (κ3) is 4.61. The Kier molecular flexibility index (Phi) is 4.68. The van der Waals surface area contributed by atoms with Crippen molar-refractivity contribution < 1.29 is 0 Å². The van der Waals surface area contributed by atoms with E-state index >= 15 is 0 Å². The van der Waals surface area contributed by atoms with E-state index in [0.29, 0.717) is 10.7 Å². The Balaban J connectivity index is 2.92. The number of nitriles is 1. The van der Waals surface area contributed by atoms with Crippen molar-refractivity contribution in [3.05, 3.63) is 30.3 Å². The van der Waals surface area contributed by atoms with Gasteiger partial charge in [0.2, 0.25) is 24.1 Å². The highest BCUT2D eigenvalue weighted by Crippen LogP contribution is 2.09. The van der Waals surface area contributed by atoms with Crippen molar-refractivity contribution in [3.63, 3.8) is 0 Å². The Hall–Kier alpha value is -3.28. The van der Waals surface area contributed by atoms with Gasteiger partial charge < -0.3 is 22.9 Å². The van der Waals surface area contributed by atoms with Gasteiger partial charge in [-0.05, 0) is 12.1 Å². The van der Waals surface area contributed by atoms with Crippen molar-refractivity contribution in [1.82, 2.24) is 5.01 Å². The lowest BCUT2D eigenvalue weighted by Crippen LogP contribution is -2.35. The number of hydrogen-bond donors (Lipinski definition) is 4. The molecule has 0 atom stereocenters. The van der Waals surface area contributed by atoms with Crippen molar-refractivity contribution >= 4 is 23.6 Å². The molecule has 19 heavy (non-hydrogen) atoms. The number of nitrogens with zero attached hydrogens (tertiary/aromatic N) is 5. The van der Waals surface area contributed by atoms with Crippen LogP contribution in [0.25, 0.3) is 0 Å². The van der Waals surface area contributed by atoms with E-state index < -0.39 is 0 Å². The van der Waals surface area contributed by atoms with Gasteiger partial charge in [-0.1, -0.05) is 18.2 Å². The van der Waals surface area contributed by atoms with Gasteiger partial charge in [-0.25, -0.2) is 4.99 Å². The second kappa shape index (κ2) is 6.45. The van der Waals surface area contributed by atoms with Crippen molar-refractivity contribution in [3.8, 4) is 6.19 Å². The van der Waals surface area contributed by atoms with Gasteiger partial charge in [0.05, 0.1) is 5.69 Å². The van der Waals surface area contributed by atoms with E-state index in [1.54, 1.807) is 30.5 Å². The highest BCUT2D eigenvalue weighted by atomic mass is 15.5. The minimum absolute atomic E-state index is 0.130. The molecule has 0 saturated carbocycles. The number of nitrogens with two attached hydrogens (primary N) is 4. The second-order valence-corrected chi connectivity index (χ2v) is 3.21. The number of hydrazone groups is 1. The topological polar surface area (TPSA) is 168 Å². The molecule has 0 heterocycles. The molecule has 0 bridgehead atoms. The number of hydrogen-bond acceptors (Lipinski definition) is 3. The molecular formula is C10H13N9. The number of benzene rings is 1. The van der Waals surface area contributed by atoms with Gasteiger partial charge in [0.15, 0.2) is 0 Å². The zero-order valence-corrected chi connectivity index (χ0v) is 9.93. The summed E-state index contributed by atoms with van der Waals surface area (Å²) in [6, 6.07) is 8.89. The van der Waals surface area contributed by atoms with Crippen LogP contribution in [-0.4, -0.2) is 22.9 Å². The van der Waals surface area contributed by atoms with Crippen LogP contribution in [0.1, 0.15) is 0 Å². The number of guanidine groups is 3. The van der Waals surface area contributed by atoms with Gasteiger partial charge in [-0.15, -0.1) is 10.1 Å². The lowest BCUT2D eigenvalue weighted by atomic mass is 10.3. The van der Waals surface area contributed by atoms with Crippen LogP contribution in [0, 0.1) is 11.5 Å².